The van der Waals surface area contributed by atoms with Gasteiger partial charge in [-0.2, -0.15) is 0 Å². The maximum absolute atomic E-state index is 9.10. The molecular formula is C16H16O2. The fourth-order valence-corrected chi connectivity index (χ4v) is 1.79. The average molecular weight is 240 g/mol. The van der Waals surface area contributed by atoms with Crippen LogP contribution in [0.3, 0.4) is 0 Å². The van der Waals surface area contributed by atoms with Gasteiger partial charge in [0.25, 0.3) is 0 Å². The van der Waals surface area contributed by atoms with E-state index >= 15 is 0 Å². The van der Waals surface area contributed by atoms with Crippen LogP contribution in [-0.4, -0.2) is 10.2 Å². The van der Waals surface area contributed by atoms with Crippen molar-refractivity contribution in [2.75, 3.05) is 0 Å². The van der Waals surface area contributed by atoms with Crippen molar-refractivity contribution in [2.24, 2.45) is 0 Å². The molecule has 0 unspecified atom stereocenters. The minimum absolute atomic E-state index is 0.501. The molecular weight excluding hydrogens is 224 g/mol. The zero-order chi connectivity index (χ0) is 13.0. The Labute approximate surface area is 107 Å². The summed E-state index contributed by atoms with van der Waals surface area (Å²) in [5.74, 6) is 0. The van der Waals surface area contributed by atoms with Crippen LogP contribution in [0.5, 0.6) is 0 Å². The van der Waals surface area contributed by atoms with Crippen molar-refractivity contribution >= 4 is 12.2 Å². The second-order valence-electron chi connectivity index (χ2n) is 4.29. The lowest BCUT2D eigenvalue weighted by atomic mass is 10.1. The predicted octanol–water partition coefficient (Wildman–Crippen LogP) is 3.15. The summed E-state index contributed by atoms with van der Waals surface area (Å²) in [6.07, 6.45) is 2.55. The van der Waals surface area contributed by atoms with E-state index in [9.17, 15) is 0 Å². The molecule has 2 rings (SSSR count). The highest BCUT2D eigenvalue weighted by atomic mass is 16.5. The molecule has 0 fully saturated rings. The van der Waals surface area contributed by atoms with Crippen LogP contribution in [0, 0.1) is 6.92 Å². The highest BCUT2D eigenvalue weighted by Gasteiger charge is 2.01. The van der Waals surface area contributed by atoms with E-state index in [2.05, 4.69) is 19.1 Å². The molecule has 0 atom stereocenters. The lowest BCUT2D eigenvalue weighted by molar-refractivity contribution is -0.0424. The van der Waals surface area contributed by atoms with E-state index in [0.29, 0.717) is 5.56 Å². The first-order valence-electron chi connectivity index (χ1n) is 5.86. The maximum atomic E-state index is 9.10. The van der Waals surface area contributed by atoms with Crippen molar-refractivity contribution in [3.63, 3.8) is 0 Å². The molecule has 0 amide bonds. The lowest BCUT2D eigenvalue weighted by Crippen LogP contribution is -1.94. The molecule has 2 N–H and O–H groups in total. The van der Waals surface area contributed by atoms with Gasteiger partial charge in [0.05, 0.1) is 0 Å². The summed E-state index contributed by atoms with van der Waals surface area (Å²) >= 11 is 0. The van der Waals surface area contributed by atoms with Crippen molar-refractivity contribution in [2.45, 2.75) is 13.2 Å². The molecule has 0 aliphatic rings. The molecule has 2 nitrogen and oxygen atoms in total. The summed E-state index contributed by atoms with van der Waals surface area (Å²) in [6.45, 7) is 2.06. The number of hydrogen-bond acceptors (Lipinski definition) is 2. The molecule has 0 bridgehead atoms. The molecule has 18 heavy (non-hydrogen) atoms. The van der Waals surface area contributed by atoms with Crippen molar-refractivity contribution in [3.8, 4) is 0 Å². The lowest BCUT2D eigenvalue weighted by Gasteiger charge is -2.04. The Morgan fingerprint density at radius 2 is 1.50 bits per heavy atom. The maximum Gasteiger partial charge on any atom is 0.178 e. The van der Waals surface area contributed by atoms with Gasteiger partial charge in [-0.15, -0.1) is 0 Å². The van der Waals surface area contributed by atoms with Crippen LogP contribution in [0.2, 0.25) is 0 Å². The molecule has 0 saturated carbocycles. The van der Waals surface area contributed by atoms with Crippen LogP contribution in [0.25, 0.3) is 12.2 Å². The molecule has 92 valence electrons. The van der Waals surface area contributed by atoms with E-state index < -0.39 is 6.29 Å². The van der Waals surface area contributed by atoms with Gasteiger partial charge in [-0.3, -0.25) is 0 Å². The minimum Gasteiger partial charge on any atom is -0.364 e. The summed E-state index contributed by atoms with van der Waals surface area (Å²) < 4.78 is 0. The molecule has 0 aliphatic heterocycles. The fraction of sp³-hybridized carbons (Fsp3) is 0.125. The highest BCUT2D eigenvalue weighted by molar-refractivity contribution is 5.70. The monoisotopic (exact) mass is 240 g/mol. The first-order chi connectivity index (χ1) is 8.65. The van der Waals surface area contributed by atoms with Gasteiger partial charge in [0.2, 0.25) is 0 Å². The quantitative estimate of drug-likeness (QED) is 0.639. The van der Waals surface area contributed by atoms with Gasteiger partial charge >= 0.3 is 0 Å². The molecule has 2 heteroatoms. The number of hydrogen-bond donors (Lipinski definition) is 2. The van der Waals surface area contributed by atoms with Gasteiger partial charge in [0, 0.05) is 5.56 Å². The van der Waals surface area contributed by atoms with Crippen molar-refractivity contribution in [1.82, 2.24) is 0 Å². The Kier molecular flexibility index (Phi) is 3.92. The number of aliphatic hydroxyl groups is 2. The van der Waals surface area contributed by atoms with Crippen LogP contribution in [-0.2, 0) is 0 Å². The topological polar surface area (TPSA) is 40.5 Å². The molecule has 0 radical (unpaired) electrons. The number of aryl methyl sites for hydroxylation is 1. The standard InChI is InChI=1S/C16H16O2/c1-12-4-2-5-13(10-12)8-9-14-6-3-7-15(11-14)16(17)18/h2-11,16-18H,1H3/b9-8+. The van der Waals surface area contributed by atoms with Gasteiger partial charge < -0.3 is 10.2 Å². The van der Waals surface area contributed by atoms with Gasteiger partial charge in [-0.1, -0.05) is 60.2 Å². The molecule has 2 aromatic rings. The van der Waals surface area contributed by atoms with Gasteiger partial charge in [-0.25, -0.2) is 0 Å². The second-order valence-corrected chi connectivity index (χ2v) is 4.29. The van der Waals surface area contributed by atoms with Crippen LogP contribution < -0.4 is 0 Å². The van der Waals surface area contributed by atoms with Gasteiger partial charge in [-0.05, 0) is 24.1 Å². The van der Waals surface area contributed by atoms with E-state index in [1.54, 1.807) is 12.1 Å². The van der Waals surface area contributed by atoms with E-state index in [1.165, 1.54) is 5.56 Å². The molecule has 0 aromatic heterocycles. The van der Waals surface area contributed by atoms with Crippen LogP contribution >= 0.6 is 0 Å². The molecule has 0 aliphatic carbocycles. The summed E-state index contributed by atoms with van der Waals surface area (Å²) in [5.41, 5.74) is 3.80. The summed E-state index contributed by atoms with van der Waals surface area (Å²) in [4.78, 5) is 0. The number of benzene rings is 2. The Balaban J connectivity index is 2.21. The predicted molar refractivity (Wildman–Crippen MR) is 73.7 cm³/mol. The van der Waals surface area contributed by atoms with Gasteiger partial charge in [0.15, 0.2) is 6.29 Å². The highest BCUT2D eigenvalue weighted by Crippen LogP contribution is 2.15. The summed E-state index contributed by atoms with van der Waals surface area (Å²) in [5, 5.41) is 18.2. The zero-order valence-electron chi connectivity index (χ0n) is 10.2. The minimum atomic E-state index is -1.42. The molecule has 2 aromatic carbocycles. The normalized spacial score (nSPS) is 11.3. The zero-order valence-corrected chi connectivity index (χ0v) is 10.2. The van der Waals surface area contributed by atoms with Crippen molar-refractivity contribution in [3.05, 3.63) is 70.8 Å². The third kappa shape index (κ3) is 3.29. The Morgan fingerprint density at radius 3 is 2.11 bits per heavy atom. The van der Waals surface area contributed by atoms with E-state index in [1.807, 2.05) is 36.4 Å². The van der Waals surface area contributed by atoms with Crippen LogP contribution in [0.15, 0.2) is 48.5 Å². The van der Waals surface area contributed by atoms with E-state index in [0.717, 1.165) is 11.1 Å². The Morgan fingerprint density at radius 1 is 0.889 bits per heavy atom. The third-order valence-corrected chi connectivity index (χ3v) is 2.72. The average Bonchev–Trinajstić information content (AvgIpc) is 2.37. The third-order valence-electron chi connectivity index (χ3n) is 2.72. The van der Waals surface area contributed by atoms with Crippen molar-refractivity contribution in [1.29, 1.82) is 0 Å². The van der Waals surface area contributed by atoms with Gasteiger partial charge in [0.1, 0.15) is 0 Å². The Hall–Kier alpha value is -1.90. The second kappa shape index (κ2) is 5.63. The number of rotatable bonds is 3. The van der Waals surface area contributed by atoms with E-state index in [4.69, 9.17) is 10.2 Å². The van der Waals surface area contributed by atoms with Crippen LogP contribution in [0.4, 0.5) is 0 Å². The molecule has 0 spiro atoms. The van der Waals surface area contributed by atoms with Crippen molar-refractivity contribution < 1.29 is 10.2 Å². The fourth-order valence-electron chi connectivity index (χ4n) is 1.79. The largest absolute Gasteiger partial charge is 0.364 e. The number of aliphatic hydroxyl groups excluding tert-OH is 1. The summed E-state index contributed by atoms with van der Waals surface area (Å²) in [7, 11) is 0. The molecule has 0 saturated heterocycles. The smallest absolute Gasteiger partial charge is 0.178 e. The van der Waals surface area contributed by atoms with E-state index in [-0.39, 0.29) is 0 Å². The SMILES string of the molecule is Cc1cccc(/C=C/c2cccc(C(O)O)c2)c1. The first-order valence-corrected chi connectivity index (χ1v) is 5.86. The molecule has 0 heterocycles. The Bertz CT molecular complexity index is 557. The summed E-state index contributed by atoms with van der Waals surface area (Å²) in [6, 6.07) is 15.4. The first kappa shape index (κ1) is 12.6. The van der Waals surface area contributed by atoms with Crippen LogP contribution in [0.1, 0.15) is 28.5 Å².